The van der Waals surface area contributed by atoms with E-state index in [4.69, 9.17) is 18.9 Å². The zero-order valence-corrected chi connectivity index (χ0v) is 36.8. The Morgan fingerprint density at radius 3 is 2.38 bits per heavy atom. The number of sulfonamides is 1. The lowest BCUT2D eigenvalue weighted by Gasteiger charge is -2.35. The van der Waals surface area contributed by atoms with Gasteiger partial charge in [-0.2, -0.15) is 26.3 Å². The Kier molecular flexibility index (Phi) is 13.5. The average Bonchev–Trinajstić information content (AvgIpc) is 4.07. The second-order valence-electron chi connectivity index (χ2n) is 17.7. The SMILES string of the molecule is CCOc1ccc2nc(C(F)(F)F)c(O[C@@H]3C[C@H]4C(=O)N[C@@]5(C(=O)NS(=O)(=O)C6(C)CC6)C[C@@H]5/C=C\CC[C@@H](C)C[C@@H](COC)[C@H](NC(=O)OC(C)(C)C(F)(F)F)C(=O)N4C3)nc2c1. The third-order valence-electron chi connectivity index (χ3n) is 12.2. The number of alkyl halides is 6. The second-order valence-corrected chi connectivity index (χ2v) is 19.9. The topological polar surface area (TPSA) is 204 Å². The summed E-state index contributed by atoms with van der Waals surface area (Å²) in [7, 11) is -2.91. The van der Waals surface area contributed by atoms with E-state index in [9.17, 15) is 53.9 Å². The summed E-state index contributed by atoms with van der Waals surface area (Å²) < 4.78 is 134. The lowest BCUT2D eigenvalue weighted by Crippen LogP contribution is -2.60. The molecule has 4 amide bonds. The summed E-state index contributed by atoms with van der Waals surface area (Å²) in [4.78, 5) is 65.6. The molecular weight excluding hydrogens is 883 g/mol. The van der Waals surface area contributed by atoms with Gasteiger partial charge < -0.3 is 34.5 Å². The molecule has 6 rings (SSSR count). The van der Waals surface area contributed by atoms with Crippen LogP contribution in [0.2, 0.25) is 0 Å². The van der Waals surface area contributed by atoms with E-state index in [-0.39, 0.29) is 48.8 Å². The van der Waals surface area contributed by atoms with Gasteiger partial charge in [-0.1, -0.05) is 19.1 Å². The zero-order chi connectivity index (χ0) is 47.2. The van der Waals surface area contributed by atoms with E-state index in [1.54, 1.807) is 19.1 Å². The van der Waals surface area contributed by atoms with Crippen LogP contribution in [0.5, 0.6) is 11.6 Å². The van der Waals surface area contributed by atoms with Gasteiger partial charge in [-0.25, -0.2) is 23.2 Å². The van der Waals surface area contributed by atoms with Gasteiger partial charge in [0.2, 0.25) is 39.0 Å². The summed E-state index contributed by atoms with van der Waals surface area (Å²) in [5, 5.41) is 4.89. The molecule has 2 aliphatic heterocycles. The Labute approximate surface area is 365 Å². The van der Waals surface area contributed by atoms with Gasteiger partial charge in [-0.3, -0.25) is 19.1 Å². The standard InChI is InChI=1S/C41H52F6N6O10S/c1-7-61-25-12-13-27-28(17-25)49-33(31(48-27)40(42,43)44)62-26-18-29-32(54)51-39(35(56)52-64(58,59)38(5)14-15-38)19-24(39)11-9-8-10-22(2)16-23(21-60-6)30(34(55)53(29)20-26)50-36(57)63-37(3,4)41(45,46)47/h9,11-13,17,22-24,26,29-30H,7-8,10,14-16,18-21H2,1-6H3,(H,50,57)(H,51,54)(H,52,56)/b11-9-/t22-,23+,24+,26-,29+,30+,39+/m1/s1. The molecule has 2 aromatic rings. The highest BCUT2D eigenvalue weighted by Crippen LogP contribution is 2.48. The Morgan fingerprint density at radius 1 is 1.05 bits per heavy atom. The molecule has 4 aliphatic rings. The Morgan fingerprint density at radius 2 is 1.75 bits per heavy atom. The van der Waals surface area contributed by atoms with Gasteiger partial charge in [0, 0.05) is 31.4 Å². The predicted octanol–water partition coefficient (Wildman–Crippen LogP) is 5.34. The Hall–Kier alpha value is -4.93. The first-order valence-corrected chi connectivity index (χ1v) is 22.3. The van der Waals surface area contributed by atoms with Gasteiger partial charge in [0.05, 0.1) is 35.5 Å². The molecule has 3 N–H and O–H groups in total. The molecule has 0 radical (unpaired) electrons. The van der Waals surface area contributed by atoms with Crippen LogP contribution in [0.1, 0.15) is 85.3 Å². The van der Waals surface area contributed by atoms with E-state index in [1.165, 1.54) is 32.2 Å². The lowest BCUT2D eigenvalue weighted by molar-refractivity contribution is -0.244. The number of aromatic nitrogens is 2. The van der Waals surface area contributed by atoms with Gasteiger partial charge in [0.15, 0.2) is 0 Å². The summed E-state index contributed by atoms with van der Waals surface area (Å²) in [5.74, 6) is -5.77. The number of halogens is 6. The van der Waals surface area contributed by atoms with Crippen LogP contribution in [0, 0.1) is 17.8 Å². The number of carbonyl (C=O) groups is 4. The van der Waals surface area contributed by atoms with Crippen molar-refractivity contribution in [2.75, 3.05) is 26.9 Å². The third kappa shape index (κ3) is 10.3. The summed E-state index contributed by atoms with van der Waals surface area (Å²) in [6.45, 7) is 5.55. The van der Waals surface area contributed by atoms with Crippen LogP contribution in [0.3, 0.4) is 0 Å². The highest BCUT2D eigenvalue weighted by atomic mass is 32.2. The van der Waals surface area contributed by atoms with Crippen molar-refractivity contribution in [2.45, 2.75) is 126 Å². The number of ether oxygens (including phenoxy) is 4. The lowest BCUT2D eigenvalue weighted by atomic mass is 9.87. The summed E-state index contributed by atoms with van der Waals surface area (Å²) in [6, 6.07) is 0.609. The van der Waals surface area contributed by atoms with E-state index in [2.05, 4.69) is 25.3 Å². The number of rotatable bonds is 11. The first-order chi connectivity index (χ1) is 29.7. The second kappa shape index (κ2) is 17.8. The molecule has 23 heteroatoms. The molecule has 0 unspecified atom stereocenters. The van der Waals surface area contributed by atoms with E-state index in [1.807, 2.05) is 6.92 Å². The number of benzene rings is 1. The van der Waals surface area contributed by atoms with E-state index >= 15 is 0 Å². The Bertz CT molecular complexity index is 2270. The maximum Gasteiger partial charge on any atom is 0.438 e. The molecule has 1 aromatic heterocycles. The fourth-order valence-electron chi connectivity index (χ4n) is 7.94. The maximum atomic E-state index is 15.0. The number of allylic oxidation sites excluding steroid dienone is 1. The van der Waals surface area contributed by atoms with Gasteiger partial charge >= 0.3 is 18.4 Å². The molecule has 2 saturated carbocycles. The van der Waals surface area contributed by atoms with E-state index < -0.39 is 117 Å². The molecule has 7 atom stereocenters. The number of nitrogens with one attached hydrogen (secondary N) is 3. The molecule has 354 valence electrons. The van der Waals surface area contributed by atoms with Gasteiger partial charge in [0.25, 0.3) is 5.91 Å². The number of methoxy groups -OCH3 is 1. The van der Waals surface area contributed by atoms with Crippen molar-refractivity contribution in [1.82, 2.24) is 30.2 Å². The predicted molar refractivity (Wildman–Crippen MR) is 215 cm³/mol. The molecule has 3 heterocycles. The molecule has 16 nitrogen and oxygen atoms in total. The summed E-state index contributed by atoms with van der Waals surface area (Å²) >= 11 is 0. The van der Waals surface area contributed by atoms with Crippen LogP contribution < -0.4 is 24.8 Å². The fraction of sp³-hybridized carbons (Fsp3) is 0.659. The molecule has 2 aliphatic carbocycles. The van der Waals surface area contributed by atoms with Gasteiger partial charge in [0.1, 0.15) is 29.5 Å². The fourth-order valence-corrected chi connectivity index (χ4v) is 9.25. The first kappa shape index (κ1) is 48.5. The summed E-state index contributed by atoms with van der Waals surface area (Å²) in [5.41, 5.74) is -6.58. The number of nitrogens with zero attached hydrogens (tertiary/aromatic N) is 3. The molecule has 0 spiro atoms. The molecule has 3 fully saturated rings. The highest BCUT2D eigenvalue weighted by molar-refractivity contribution is 7.91. The first-order valence-electron chi connectivity index (χ1n) is 20.8. The monoisotopic (exact) mass is 934 g/mol. The normalized spacial score (nSPS) is 28.1. The molecule has 0 bridgehead atoms. The largest absolute Gasteiger partial charge is 0.494 e. The van der Waals surface area contributed by atoms with Crippen LogP contribution in [-0.2, 0) is 40.1 Å². The minimum atomic E-state index is -5.11. The third-order valence-corrected chi connectivity index (χ3v) is 14.4. The van der Waals surface area contributed by atoms with E-state index in [0.29, 0.717) is 39.5 Å². The van der Waals surface area contributed by atoms with Gasteiger partial charge in [-0.15, -0.1) is 0 Å². The highest BCUT2D eigenvalue weighted by Gasteiger charge is 2.63. The van der Waals surface area contributed by atoms with Crippen LogP contribution >= 0.6 is 0 Å². The molecule has 1 aromatic carbocycles. The van der Waals surface area contributed by atoms with Crippen LogP contribution in [-0.4, -0.2) is 114 Å². The number of hydrogen-bond acceptors (Lipinski definition) is 12. The van der Waals surface area contributed by atoms with Gasteiger partial charge in [-0.05, 0) is 84.3 Å². The smallest absolute Gasteiger partial charge is 0.438 e. The molecule has 64 heavy (non-hydrogen) atoms. The van der Waals surface area contributed by atoms with Crippen molar-refractivity contribution in [2.24, 2.45) is 17.8 Å². The van der Waals surface area contributed by atoms with Crippen LogP contribution in [0.25, 0.3) is 11.0 Å². The van der Waals surface area contributed by atoms with Crippen molar-refractivity contribution in [3.8, 4) is 11.6 Å². The van der Waals surface area contributed by atoms with E-state index in [0.717, 1.165) is 4.90 Å². The average molecular weight is 935 g/mol. The minimum Gasteiger partial charge on any atom is -0.494 e. The van der Waals surface area contributed by atoms with Crippen molar-refractivity contribution in [1.29, 1.82) is 0 Å². The maximum absolute atomic E-state index is 15.0. The van der Waals surface area contributed by atoms with Crippen molar-refractivity contribution in [3.63, 3.8) is 0 Å². The van der Waals surface area contributed by atoms with Crippen molar-refractivity contribution >= 4 is 44.9 Å². The summed E-state index contributed by atoms with van der Waals surface area (Å²) in [6.07, 6.45) is -8.76. The quantitative estimate of drug-likeness (QED) is 0.193. The number of carbonyl (C=O) groups excluding carboxylic acids is 4. The number of amides is 4. The minimum absolute atomic E-state index is 0.0459. The molecular formula is C41H52F6N6O10S. The van der Waals surface area contributed by atoms with Crippen molar-refractivity contribution < 1.29 is 72.9 Å². The number of fused-ring (bicyclic) bond motifs is 3. The zero-order valence-electron chi connectivity index (χ0n) is 36.0. The van der Waals surface area contributed by atoms with Crippen molar-refractivity contribution in [3.05, 3.63) is 36.0 Å². The number of alkyl carbamates (subject to hydrolysis) is 1. The van der Waals surface area contributed by atoms with Crippen LogP contribution in [0.15, 0.2) is 30.4 Å². The van der Waals surface area contributed by atoms with Crippen LogP contribution in [0.4, 0.5) is 31.1 Å². The Balaban J connectivity index is 1.42. The number of hydrogen-bond donors (Lipinski definition) is 3. The molecule has 1 saturated heterocycles.